The molecule has 0 radical (unpaired) electrons. The maximum Gasteiger partial charge on any atom is 0.142 e. The largest absolute Gasteiger partial charge is 0.490 e. The summed E-state index contributed by atoms with van der Waals surface area (Å²) in [4.78, 5) is 6.43. The minimum atomic E-state index is -0.255. The third-order valence-electron chi connectivity index (χ3n) is 5.53. The SMILES string of the molecule is OCc1cc(CN2CCOc3c(Cl)cc(-n4ccc5cc(F)ccc54)cc3C2)ccn1. The third-order valence-corrected chi connectivity index (χ3v) is 5.81. The van der Waals surface area contributed by atoms with Gasteiger partial charge in [-0.15, -0.1) is 0 Å². The summed E-state index contributed by atoms with van der Waals surface area (Å²) in [5.41, 5.74) is 4.56. The van der Waals surface area contributed by atoms with Crippen molar-refractivity contribution in [2.45, 2.75) is 19.7 Å². The van der Waals surface area contributed by atoms with Crippen molar-refractivity contribution in [2.24, 2.45) is 0 Å². The van der Waals surface area contributed by atoms with E-state index in [2.05, 4.69) is 16.0 Å². The van der Waals surface area contributed by atoms with E-state index in [0.717, 1.165) is 34.3 Å². The third kappa shape index (κ3) is 4.02. The van der Waals surface area contributed by atoms with Crippen molar-refractivity contribution in [1.29, 1.82) is 0 Å². The predicted octanol–water partition coefficient (Wildman–Crippen LogP) is 4.70. The van der Waals surface area contributed by atoms with Crippen molar-refractivity contribution in [2.75, 3.05) is 13.2 Å². The molecule has 0 spiro atoms. The van der Waals surface area contributed by atoms with Gasteiger partial charge in [0.05, 0.1) is 22.8 Å². The van der Waals surface area contributed by atoms with Gasteiger partial charge < -0.3 is 14.4 Å². The van der Waals surface area contributed by atoms with E-state index < -0.39 is 0 Å². The summed E-state index contributed by atoms with van der Waals surface area (Å²) in [7, 11) is 0. The molecular formula is C24H21ClFN3O2. The molecule has 0 atom stereocenters. The number of pyridine rings is 1. The molecule has 0 fully saturated rings. The lowest BCUT2D eigenvalue weighted by Crippen LogP contribution is -2.25. The number of benzene rings is 2. The first-order valence-corrected chi connectivity index (χ1v) is 10.5. The van der Waals surface area contributed by atoms with Gasteiger partial charge in [-0.1, -0.05) is 11.6 Å². The van der Waals surface area contributed by atoms with Gasteiger partial charge in [0, 0.05) is 48.7 Å². The van der Waals surface area contributed by atoms with Gasteiger partial charge in [0.1, 0.15) is 18.2 Å². The average molecular weight is 438 g/mol. The van der Waals surface area contributed by atoms with E-state index in [1.165, 1.54) is 12.1 Å². The molecule has 0 saturated carbocycles. The maximum atomic E-state index is 13.6. The molecule has 2 aromatic carbocycles. The van der Waals surface area contributed by atoms with Crippen molar-refractivity contribution >= 4 is 22.5 Å². The highest BCUT2D eigenvalue weighted by molar-refractivity contribution is 6.32. The van der Waals surface area contributed by atoms with Crippen molar-refractivity contribution < 1.29 is 14.2 Å². The Morgan fingerprint density at radius 2 is 2.03 bits per heavy atom. The quantitative estimate of drug-likeness (QED) is 0.502. The minimum Gasteiger partial charge on any atom is -0.490 e. The molecule has 5 rings (SSSR count). The molecule has 4 aromatic rings. The molecule has 0 unspecified atom stereocenters. The van der Waals surface area contributed by atoms with Crippen LogP contribution in [0.4, 0.5) is 4.39 Å². The molecule has 0 amide bonds. The van der Waals surface area contributed by atoms with Crippen LogP contribution in [0.25, 0.3) is 16.6 Å². The summed E-state index contributed by atoms with van der Waals surface area (Å²) < 4.78 is 21.6. The van der Waals surface area contributed by atoms with Crippen LogP contribution in [0.5, 0.6) is 5.75 Å². The average Bonchev–Trinajstić information content (AvgIpc) is 3.07. The zero-order valence-electron chi connectivity index (χ0n) is 16.8. The molecule has 0 saturated heterocycles. The Morgan fingerprint density at radius 1 is 1.13 bits per heavy atom. The van der Waals surface area contributed by atoms with Gasteiger partial charge in [-0.25, -0.2) is 4.39 Å². The summed E-state index contributed by atoms with van der Waals surface area (Å²) in [5.74, 6) is 0.455. The summed E-state index contributed by atoms with van der Waals surface area (Å²) in [6.07, 6.45) is 3.64. The van der Waals surface area contributed by atoms with Gasteiger partial charge >= 0.3 is 0 Å². The number of rotatable bonds is 4. The highest BCUT2D eigenvalue weighted by Gasteiger charge is 2.20. The van der Waals surface area contributed by atoms with Crippen molar-refractivity contribution in [3.8, 4) is 11.4 Å². The standard InChI is InChI=1S/C24H21ClFN3O2/c25-22-12-21(29-6-4-17-10-19(26)1-2-23(17)29)11-18-14-28(7-8-31-24(18)22)13-16-3-5-27-20(9-16)15-30/h1-6,9-12,30H,7-8,13-15H2. The molecule has 158 valence electrons. The number of aromatic nitrogens is 2. The number of halogens is 2. The highest BCUT2D eigenvalue weighted by Crippen LogP contribution is 2.35. The normalized spacial score (nSPS) is 14.3. The van der Waals surface area contributed by atoms with Crippen LogP contribution in [0, 0.1) is 5.82 Å². The number of nitrogens with zero attached hydrogens (tertiary/aromatic N) is 3. The Balaban J connectivity index is 1.48. The summed E-state index contributed by atoms with van der Waals surface area (Å²) in [6, 6.07) is 14.5. The zero-order chi connectivity index (χ0) is 21.4. The Hall–Kier alpha value is -2.93. The molecule has 5 nitrogen and oxygen atoms in total. The second-order valence-electron chi connectivity index (χ2n) is 7.68. The number of aliphatic hydroxyl groups is 1. The number of hydrogen-bond donors (Lipinski definition) is 1. The fourth-order valence-electron chi connectivity index (χ4n) is 4.09. The molecule has 0 aliphatic carbocycles. The first-order chi connectivity index (χ1) is 15.1. The molecule has 31 heavy (non-hydrogen) atoms. The van der Waals surface area contributed by atoms with E-state index in [1.807, 2.05) is 35.0 Å². The monoisotopic (exact) mass is 437 g/mol. The van der Waals surface area contributed by atoms with Crippen molar-refractivity contribution in [3.63, 3.8) is 0 Å². The van der Waals surface area contributed by atoms with Gasteiger partial charge in [-0.3, -0.25) is 9.88 Å². The second kappa shape index (κ2) is 8.30. The molecule has 1 aliphatic heterocycles. The fraction of sp³-hybridized carbons (Fsp3) is 0.208. The van der Waals surface area contributed by atoms with Crippen molar-refractivity contribution in [1.82, 2.24) is 14.5 Å². The minimum absolute atomic E-state index is 0.0759. The topological polar surface area (TPSA) is 50.5 Å². The van der Waals surface area contributed by atoms with Gasteiger partial charge in [0.15, 0.2) is 0 Å². The van der Waals surface area contributed by atoms with Crippen LogP contribution in [0.3, 0.4) is 0 Å². The Labute approximate surface area is 184 Å². The molecular weight excluding hydrogens is 417 g/mol. The summed E-state index contributed by atoms with van der Waals surface area (Å²) in [6.45, 7) is 2.60. The number of fused-ring (bicyclic) bond motifs is 2. The summed E-state index contributed by atoms with van der Waals surface area (Å²) in [5, 5.41) is 10.7. The predicted molar refractivity (Wildman–Crippen MR) is 118 cm³/mol. The summed E-state index contributed by atoms with van der Waals surface area (Å²) >= 11 is 6.61. The van der Waals surface area contributed by atoms with Crippen LogP contribution in [-0.2, 0) is 19.7 Å². The first-order valence-electron chi connectivity index (χ1n) is 10.1. The lowest BCUT2D eigenvalue weighted by Gasteiger charge is -2.20. The van der Waals surface area contributed by atoms with E-state index in [0.29, 0.717) is 36.2 Å². The molecule has 2 aromatic heterocycles. The van der Waals surface area contributed by atoms with E-state index >= 15 is 0 Å². The number of hydrogen-bond acceptors (Lipinski definition) is 4. The van der Waals surface area contributed by atoms with Crippen LogP contribution in [0.2, 0.25) is 5.02 Å². The van der Waals surface area contributed by atoms with Crippen LogP contribution in [0.1, 0.15) is 16.8 Å². The fourth-order valence-corrected chi connectivity index (χ4v) is 4.38. The van der Waals surface area contributed by atoms with Gasteiger partial charge in [-0.2, -0.15) is 0 Å². The molecule has 1 aliphatic rings. The van der Waals surface area contributed by atoms with Gasteiger partial charge in [0.2, 0.25) is 0 Å². The second-order valence-corrected chi connectivity index (χ2v) is 8.08. The van der Waals surface area contributed by atoms with Crippen LogP contribution in [0.15, 0.2) is 60.9 Å². The molecule has 0 bridgehead atoms. The first kappa shape index (κ1) is 20.0. The van der Waals surface area contributed by atoms with E-state index in [1.54, 1.807) is 12.3 Å². The molecule has 1 N–H and O–H groups in total. The van der Waals surface area contributed by atoms with E-state index in [9.17, 15) is 9.50 Å². The number of aliphatic hydroxyl groups excluding tert-OH is 1. The Kier molecular flexibility index (Phi) is 5.36. The molecule has 7 heteroatoms. The van der Waals surface area contributed by atoms with Crippen LogP contribution >= 0.6 is 11.6 Å². The van der Waals surface area contributed by atoms with Gasteiger partial charge in [0.25, 0.3) is 0 Å². The maximum absolute atomic E-state index is 13.6. The highest BCUT2D eigenvalue weighted by atomic mass is 35.5. The zero-order valence-corrected chi connectivity index (χ0v) is 17.5. The van der Waals surface area contributed by atoms with Crippen LogP contribution in [-0.4, -0.2) is 32.7 Å². The van der Waals surface area contributed by atoms with Gasteiger partial charge in [-0.05, 0) is 54.1 Å². The lowest BCUT2D eigenvalue weighted by atomic mass is 10.1. The number of ether oxygens (including phenoxy) is 1. The van der Waals surface area contributed by atoms with Crippen LogP contribution < -0.4 is 4.74 Å². The Bertz CT molecular complexity index is 1260. The van der Waals surface area contributed by atoms with Crippen molar-refractivity contribution in [3.05, 3.63) is 88.6 Å². The van der Waals surface area contributed by atoms with E-state index in [-0.39, 0.29) is 12.4 Å². The smallest absolute Gasteiger partial charge is 0.142 e. The Morgan fingerprint density at radius 3 is 2.90 bits per heavy atom. The molecule has 3 heterocycles. The lowest BCUT2D eigenvalue weighted by molar-refractivity contribution is 0.219. The van der Waals surface area contributed by atoms with E-state index in [4.69, 9.17) is 16.3 Å².